The Morgan fingerprint density at radius 1 is 1.19 bits per heavy atom. The zero-order valence-electron chi connectivity index (χ0n) is 15.2. The Kier molecular flexibility index (Phi) is 8.27. The van der Waals surface area contributed by atoms with Crippen LogP contribution in [0.1, 0.15) is 29.1 Å². The molecule has 1 aromatic carbocycles. The van der Waals surface area contributed by atoms with Crippen LogP contribution in [-0.4, -0.2) is 30.8 Å². The molecule has 0 aliphatic carbocycles. The average molecular weight is 429 g/mol. The molecule has 9 heteroatoms. The number of hydrogen-bond acceptors (Lipinski definition) is 6. The lowest BCUT2D eigenvalue weighted by Gasteiger charge is -2.14. The van der Waals surface area contributed by atoms with Crippen LogP contribution in [0.2, 0.25) is 4.34 Å². The Morgan fingerprint density at radius 3 is 2.59 bits per heavy atom. The zero-order chi connectivity index (χ0) is 19.8. The molecular formula is C18H21ClN2O4S2. The second kappa shape index (κ2) is 10.4. The van der Waals surface area contributed by atoms with Gasteiger partial charge in [0.2, 0.25) is 5.91 Å². The van der Waals surface area contributed by atoms with Gasteiger partial charge in [0.25, 0.3) is 5.91 Å². The highest BCUT2D eigenvalue weighted by Crippen LogP contribution is 2.29. The molecule has 1 aromatic heterocycles. The lowest BCUT2D eigenvalue weighted by Crippen LogP contribution is -2.42. The molecule has 2 amide bonds. The summed E-state index contributed by atoms with van der Waals surface area (Å²) in [5, 5.41) is 0. The van der Waals surface area contributed by atoms with Crippen molar-refractivity contribution in [2.75, 3.05) is 12.9 Å². The van der Waals surface area contributed by atoms with E-state index in [2.05, 4.69) is 10.9 Å². The molecule has 0 bridgehead atoms. The average Bonchev–Trinajstić information content (AvgIpc) is 3.04. The third-order valence-corrected chi connectivity index (χ3v) is 5.61. The van der Waals surface area contributed by atoms with Gasteiger partial charge in [-0.05, 0) is 44.2 Å². The molecule has 2 aromatic rings. The van der Waals surface area contributed by atoms with Crippen LogP contribution in [0.4, 0.5) is 0 Å². The van der Waals surface area contributed by atoms with Crippen LogP contribution in [0.25, 0.3) is 0 Å². The number of thiophene rings is 1. The number of nitrogens with one attached hydrogen (secondary N) is 2. The van der Waals surface area contributed by atoms with Gasteiger partial charge >= 0.3 is 0 Å². The van der Waals surface area contributed by atoms with E-state index in [1.54, 1.807) is 18.2 Å². The largest absolute Gasteiger partial charge is 0.493 e. The number of ether oxygens (including phenoxy) is 2. The van der Waals surface area contributed by atoms with E-state index in [1.165, 1.54) is 30.2 Å². The maximum Gasteiger partial charge on any atom is 0.269 e. The molecule has 0 spiro atoms. The van der Waals surface area contributed by atoms with Gasteiger partial charge in [-0.1, -0.05) is 11.6 Å². The van der Waals surface area contributed by atoms with E-state index in [0.29, 0.717) is 22.8 Å². The molecule has 27 heavy (non-hydrogen) atoms. The van der Waals surface area contributed by atoms with Gasteiger partial charge in [0.15, 0.2) is 11.5 Å². The molecule has 6 nitrogen and oxygen atoms in total. The maximum atomic E-state index is 12.2. The normalized spacial score (nSPS) is 10.6. The van der Waals surface area contributed by atoms with E-state index in [4.69, 9.17) is 21.1 Å². The Labute approximate surface area is 171 Å². The number of methoxy groups -OCH3 is 1. The highest BCUT2D eigenvalue weighted by molar-refractivity contribution is 7.99. The summed E-state index contributed by atoms with van der Waals surface area (Å²) in [6.07, 6.45) is -0.0134. The first-order valence-electron chi connectivity index (χ1n) is 8.15. The van der Waals surface area contributed by atoms with Crippen molar-refractivity contribution in [1.29, 1.82) is 0 Å². The summed E-state index contributed by atoms with van der Waals surface area (Å²) in [6.45, 7) is 3.81. The monoisotopic (exact) mass is 428 g/mol. The van der Waals surface area contributed by atoms with E-state index >= 15 is 0 Å². The van der Waals surface area contributed by atoms with Gasteiger partial charge in [-0.3, -0.25) is 20.4 Å². The summed E-state index contributed by atoms with van der Waals surface area (Å²) in [6, 6.07) is 8.59. The molecule has 2 rings (SSSR count). The van der Waals surface area contributed by atoms with Crippen molar-refractivity contribution in [3.05, 3.63) is 45.1 Å². The molecule has 0 radical (unpaired) electrons. The first-order chi connectivity index (χ1) is 12.9. The zero-order valence-corrected chi connectivity index (χ0v) is 17.6. The van der Waals surface area contributed by atoms with Gasteiger partial charge in [0.1, 0.15) is 0 Å². The van der Waals surface area contributed by atoms with Crippen molar-refractivity contribution in [1.82, 2.24) is 10.9 Å². The molecule has 0 aliphatic rings. The Bertz CT molecular complexity index is 795. The van der Waals surface area contributed by atoms with E-state index in [0.717, 1.165) is 9.21 Å². The minimum absolute atomic E-state index is 0.0134. The van der Waals surface area contributed by atoms with Gasteiger partial charge in [-0.15, -0.1) is 23.1 Å². The number of benzene rings is 1. The van der Waals surface area contributed by atoms with Crippen molar-refractivity contribution >= 4 is 46.5 Å². The Morgan fingerprint density at radius 2 is 1.96 bits per heavy atom. The summed E-state index contributed by atoms with van der Waals surface area (Å²) in [5.41, 5.74) is 5.15. The molecule has 0 saturated carbocycles. The number of rotatable bonds is 8. The first-order valence-corrected chi connectivity index (χ1v) is 10.5. The fourth-order valence-corrected chi connectivity index (χ4v) is 4.09. The molecule has 0 fully saturated rings. The summed E-state index contributed by atoms with van der Waals surface area (Å²) in [5.74, 6) is 1.19. The van der Waals surface area contributed by atoms with Crippen LogP contribution >= 0.6 is 34.7 Å². The predicted molar refractivity (Wildman–Crippen MR) is 110 cm³/mol. The maximum absolute atomic E-state index is 12.2. The molecule has 0 unspecified atom stereocenters. The highest BCUT2D eigenvalue weighted by atomic mass is 35.5. The van der Waals surface area contributed by atoms with Crippen molar-refractivity contribution < 1.29 is 19.1 Å². The fourth-order valence-electron chi connectivity index (χ4n) is 2.07. The van der Waals surface area contributed by atoms with Crippen molar-refractivity contribution in [2.24, 2.45) is 0 Å². The number of carbonyl (C=O) groups is 2. The van der Waals surface area contributed by atoms with Gasteiger partial charge in [0.05, 0.1) is 23.3 Å². The second-order valence-corrected chi connectivity index (χ2v) is 8.52. The summed E-state index contributed by atoms with van der Waals surface area (Å²) in [7, 11) is 1.50. The first kappa shape index (κ1) is 21.4. The summed E-state index contributed by atoms with van der Waals surface area (Å²) >= 11 is 8.79. The standard InChI is InChI=1S/C18H21ClN2O4S2/c1-11(2)25-14-6-4-12(8-15(14)24-3)18(23)21-20-17(22)10-26-9-13-5-7-16(19)27-13/h4-8,11H,9-10H2,1-3H3,(H,20,22)(H,21,23). The molecule has 0 atom stereocenters. The molecule has 2 N–H and O–H groups in total. The van der Waals surface area contributed by atoms with Crippen LogP contribution in [0.15, 0.2) is 30.3 Å². The fraction of sp³-hybridized carbons (Fsp3) is 0.333. The number of halogens is 1. The van der Waals surface area contributed by atoms with E-state index in [1.807, 2.05) is 26.0 Å². The van der Waals surface area contributed by atoms with Crippen molar-refractivity contribution in [3.63, 3.8) is 0 Å². The van der Waals surface area contributed by atoms with Crippen LogP contribution < -0.4 is 20.3 Å². The number of thioether (sulfide) groups is 1. The van der Waals surface area contributed by atoms with Gasteiger partial charge in [-0.25, -0.2) is 0 Å². The lowest BCUT2D eigenvalue weighted by atomic mass is 10.2. The number of hydrogen-bond donors (Lipinski definition) is 2. The van der Waals surface area contributed by atoms with E-state index in [9.17, 15) is 9.59 Å². The Hall–Kier alpha value is -1.90. The predicted octanol–water partition coefficient (Wildman–Crippen LogP) is 3.89. The smallest absolute Gasteiger partial charge is 0.269 e. The van der Waals surface area contributed by atoms with Crippen LogP contribution in [0.3, 0.4) is 0 Å². The summed E-state index contributed by atoms with van der Waals surface area (Å²) in [4.78, 5) is 25.2. The number of hydrazine groups is 1. The van der Waals surface area contributed by atoms with Crippen LogP contribution in [0.5, 0.6) is 11.5 Å². The molecular weight excluding hydrogens is 408 g/mol. The number of amides is 2. The molecule has 1 heterocycles. The van der Waals surface area contributed by atoms with E-state index in [-0.39, 0.29) is 17.8 Å². The lowest BCUT2D eigenvalue weighted by molar-refractivity contribution is -0.119. The quantitative estimate of drug-likeness (QED) is 0.624. The third kappa shape index (κ3) is 6.97. The number of carbonyl (C=O) groups excluding carboxylic acids is 2. The molecule has 0 aliphatic heterocycles. The SMILES string of the molecule is COc1cc(C(=O)NNC(=O)CSCc2ccc(Cl)s2)ccc1OC(C)C. The highest BCUT2D eigenvalue weighted by Gasteiger charge is 2.13. The minimum Gasteiger partial charge on any atom is -0.493 e. The van der Waals surface area contributed by atoms with Gasteiger partial charge in [0, 0.05) is 16.2 Å². The Balaban J connectivity index is 1.81. The van der Waals surface area contributed by atoms with Crippen LogP contribution in [-0.2, 0) is 10.5 Å². The third-order valence-electron chi connectivity index (χ3n) is 3.21. The second-order valence-electron chi connectivity index (χ2n) is 5.73. The minimum atomic E-state index is -0.437. The van der Waals surface area contributed by atoms with Gasteiger partial charge < -0.3 is 9.47 Å². The molecule has 146 valence electrons. The summed E-state index contributed by atoms with van der Waals surface area (Å²) < 4.78 is 11.6. The van der Waals surface area contributed by atoms with Crippen molar-refractivity contribution in [2.45, 2.75) is 25.7 Å². The topological polar surface area (TPSA) is 76.7 Å². The molecule has 0 saturated heterocycles. The van der Waals surface area contributed by atoms with Crippen LogP contribution in [0, 0.1) is 0 Å². The van der Waals surface area contributed by atoms with E-state index < -0.39 is 5.91 Å². The van der Waals surface area contributed by atoms with Crippen molar-refractivity contribution in [3.8, 4) is 11.5 Å². The van der Waals surface area contributed by atoms with Gasteiger partial charge in [-0.2, -0.15) is 0 Å².